The third kappa shape index (κ3) is 6.14. The van der Waals surface area contributed by atoms with Crippen molar-refractivity contribution < 1.29 is 14.3 Å². The van der Waals surface area contributed by atoms with E-state index in [1.54, 1.807) is 14.2 Å². The largest absolute Gasteiger partial charge is 0.385 e. The molecule has 5 heteroatoms. The van der Waals surface area contributed by atoms with Gasteiger partial charge in [0.05, 0.1) is 6.61 Å². The zero-order chi connectivity index (χ0) is 15.5. The SMILES string of the molecule is CCNc1ccc(C(=O)N(CCCOC)CCOC)cc1. The minimum absolute atomic E-state index is 0.0335. The topological polar surface area (TPSA) is 50.8 Å². The summed E-state index contributed by atoms with van der Waals surface area (Å²) < 4.78 is 10.1. The molecule has 1 aromatic rings. The molecule has 0 aliphatic carbocycles. The van der Waals surface area contributed by atoms with Crippen LogP contribution in [-0.2, 0) is 9.47 Å². The summed E-state index contributed by atoms with van der Waals surface area (Å²) in [5.74, 6) is 0.0335. The Morgan fingerprint density at radius 1 is 1.10 bits per heavy atom. The number of hydrogen-bond donors (Lipinski definition) is 1. The highest BCUT2D eigenvalue weighted by molar-refractivity contribution is 5.94. The molecular weight excluding hydrogens is 268 g/mol. The predicted octanol–water partition coefficient (Wildman–Crippen LogP) is 2.24. The Balaban J connectivity index is 2.68. The fraction of sp³-hybridized carbons (Fsp3) is 0.562. The van der Waals surface area contributed by atoms with Crippen molar-refractivity contribution in [2.75, 3.05) is 52.4 Å². The van der Waals surface area contributed by atoms with Crippen LogP contribution in [0.2, 0.25) is 0 Å². The van der Waals surface area contributed by atoms with E-state index < -0.39 is 0 Å². The first kappa shape index (κ1) is 17.5. The maximum absolute atomic E-state index is 12.5. The molecule has 0 aromatic heterocycles. The Bertz CT molecular complexity index is 406. The summed E-state index contributed by atoms with van der Waals surface area (Å²) in [6, 6.07) is 7.58. The number of rotatable bonds is 10. The van der Waals surface area contributed by atoms with E-state index >= 15 is 0 Å². The molecule has 0 aliphatic heterocycles. The molecule has 0 atom stereocenters. The maximum Gasteiger partial charge on any atom is 0.253 e. The summed E-state index contributed by atoms with van der Waals surface area (Å²) in [6.45, 7) is 5.36. The minimum atomic E-state index is 0.0335. The molecule has 21 heavy (non-hydrogen) atoms. The van der Waals surface area contributed by atoms with Gasteiger partial charge in [-0.1, -0.05) is 0 Å². The summed E-state index contributed by atoms with van der Waals surface area (Å²) in [6.07, 6.45) is 0.821. The molecule has 1 aromatic carbocycles. The molecule has 0 fully saturated rings. The van der Waals surface area contributed by atoms with Gasteiger partial charge in [-0.3, -0.25) is 4.79 Å². The van der Waals surface area contributed by atoms with Crippen LogP contribution in [0.5, 0.6) is 0 Å². The highest BCUT2D eigenvalue weighted by Crippen LogP contribution is 2.12. The summed E-state index contributed by atoms with van der Waals surface area (Å²) >= 11 is 0. The molecule has 1 N–H and O–H groups in total. The molecular formula is C16H26N2O3. The van der Waals surface area contributed by atoms with Crippen LogP contribution in [0, 0.1) is 0 Å². The van der Waals surface area contributed by atoms with Crippen molar-refractivity contribution in [1.29, 1.82) is 0 Å². The van der Waals surface area contributed by atoms with E-state index in [0.29, 0.717) is 31.9 Å². The van der Waals surface area contributed by atoms with E-state index in [0.717, 1.165) is 18.7 Å². The van der Waals surface area contributed by atoms with Crippen LogP contribution < -0.4 is 5.32 Å². The number of carbonyl (C=O) groups excluding carboxylic acids is 1. The third-order valence-electron chi connectivity index (χ3n) is 3.14. The highest BCUT2D eigenvalue weighted by atomic mass is 16.5. The Hall–Kier alpha value is -1.59. The van der Waals surface area contributed by atoms with Crippen LogP contribution in [0.4, 0.5) is 5.69 Å². The molecule has 0 aliphatic rings. The normalized spacial score (nSPS) is 10.4. The van der Waals surface area contributed by atoms with Crippen molar-refractivity contribution in [3.8, 4) is 0 Å². The van der Waals surface area contributed by atoms with Crippen LogP contribution in [0.1, 0.15) is 23.7 Å². The van der Waals surface area contributed by atoms with E-state index in [2.05, 4.69) is 5.32 Å². The van der Waals surface area contributed by atoms with Crippen molar-refractivity contribution in [3.63, 3.8) is 0 Å². The van der Waals surface area contributed by atoms with Gasteiger partial charge in [0.2, 0.25) is 0 Å². The lowest BCUT2D eigenvalue weighted by Gasteiger charge is -2.22. The van der Waals surface area contributed by atoms with Gasteiger partial charge >= 0.3 is 0 Å². The number of methoxy groups -OCH3 is 2. The number of anilines is 1. The van der Waals surface area contributed by atoms with Gasteiger partial charge in [0, 0.05) is 51.7 Å². The number of ether oxygens (including phenoxy) is 2. The molecule has 0 radical (unpaired) electrons. The average Bonchev–Trinajstić information content (AvgIpc) is 2.51. The van der Waals surface area contributed by atoms with Gasteiger partial charge < -0.3 is 19.7 Å². The molecule has 0 bridgehead atoms. The molecule has 0 saturated heterocycles. The maximum atomic E-state index is 12.5. The molecule has 0 saturated carbocycles. The molecule has 0 heterocycles. The van der Waals surface area contributed by atoms with Gasteiger partial charge in [-0.15, -0.1) is 0 Å². The van der Waals surface area contributed by atoms with E-state index in [1.165, 1.54) is 0 Å². The fourth-order valence-corrected chi connectivity index (χ4v) is 2.03. The molecule has 118 valence electrons. The summed E-state index contributed by atoms with van der Waals surface area (Å²) in [5, 5.41) is 3.22. The number of amides is 1. The van der Waals surface area contributed by atoms with Gasteiger partial charge in [0.15, 0.2) is 0 Å². The number of nitrogens with zero attached hydrogens (tertiary/aromatic N) is 1. The van der Waals surface area contributed by atoms with Crippen LogP contribution in [0.25, 0.3) is 0 Å². The quantitative estimate of drug-likeness (QED) is 0.672. The molecule has 0 spiro atoms. The smallest absolute Gasteiger partial charge is 0.253 e. The van der Waals surface area contributed by atoms with E-state index in [9.17, 15) is 4.79 Å². The number of nitrogens with one attached hydrogen (secondary N) is 1. The molecule has 1 amide bonds. The molecule has 1 rings (SSSR count). The highest BCUT2D eigenvalue weighted by Gasteiger charge is 2.15. The van der Waals surface area contributed by atoms with Crippen molar-refractivity contribution in [2.24, 2.45) is 0 Å². The Morgan fingerprint density at radius 3 is 2.33 bits per heavy atom. The van der Waals surface area contributed by atoms with E-state index in [4.69, 9.17) is 9.47 Å². The number of carbonyl (C=O) groups is 1. The monoisotopic (exact) mass is 294 g/mol. The van der Waals surface area contributed by atoms with Crippen LogP contribution >= 0.6 is 0 Å². The second-order valence-electron chi connectivity index (χ2n) is 4.74. The van der Waals surface area contributed by atoms with Gasteiger partial charge in [-0.2, -0.15) is 0 Å². The third-order valence-corrected chi connectivity index (χ3v) is 3.14. The van der Waals surface area contributed by atoms with E-state index in [-0.39, 0.29) is 5.91 Å². The fourth-order valence-electron chi connectivity index (χ4n) is 2.03. The van der Waals surface area contributed by atoms with Crippen molar-refractivity contribution >= 4 is 11.6 Å². The zero-order valence-corrected chi connectivity index (χ0v) is 13.2. The summed E-state index contributed by atoms with van der Waals surface area (Å²) in [4.78, 5) is 14.3. The van der Waals surface area contributed by atoms with Gasteiger partial charge in [-0.05, 0) is 37.6 Å². The first-order valence-electron chi connectivity index (χ1n) is 7.34. The summed E-state index contributed by atoms with van der Waals surface area (Å²) in [7, 11) is 3.31. The Kier molecular flexibility index (Phi) is 8.47. The predicted molar refractivity (Wildman–Crippen MR) is 84.9 cm³/mol. The second-order valence-corrected chi connectivity index (χ2v) is 4.74. The lowest BCUT2D eigenvalue weighted by Crippen LogP contribution is -2.35. The first-order valence-corrected chi connectivity index (χ1v) is 7.34. The van der Waals surface area contributed by atoms with Gasteiger partial charge in [0.25, 0.3) is 5.91 Å². The zero-order valence-electron chi connectivity index (χ0n) is 13.2. The Morgan fingerprint density at radius 2 is 1.76 bits per heavy atom. The standard InChI is InChI=1S/C16H26N2O3/c1-4-17-15-8-6-14(7-9-15)16(19)18(11-13-21-3)10-5-12-20-2/h6-9,17H,4-5,10-13H2,1-3H3. The van der Waals surface area contributed by atoms with E-state index in [1.807, 2.05) is 36.1 Å². The van der Waals surface area contributed by atoms with Crippen molar-refractivity contribution in [1.82, 2.24) is 4.90 Å². The van der Waals surface area contributed by atoms with Crippen molar-refractivity contribution in [3.05, 3.63) is 29.8 Å². The number of hydrogen-bond acceptors (Lipinski definition) is 4. The summed E-state index contributed by atoms with van der Waals surface area (Å²) in [5.41, 5.74) is 1.72. The number of benzene rings is 1. The van der Waals surface area contributed by atoms with Crippen molar-refractivity contribution in [2.45, 2.75) is 13.3 Å². The van der Waals surface area contributed by atoms with Crippen LogP contribution in [0.15, 0.2) is 24.3 Å². The van der Waals surface area contributed by atoms with Crippen LogP contribution in [0.3, 0.4) is 0 Å². The minimum Gasteiger partial charge on any atom is -0.385 e. The average molecular weight is 294 g/mol. The first-order chi connectivity index (χ1) is 10.2. The lowest BCUT2D eigenvalue weighted by atomic mass is 10.1. The molecule has 5 nitrogen and oxygen atoms in total. The van der Waals surface area contributed by atoms with Gasteiger partial charge in [-0.25, -0.2) is 0 Å². The molecule has 0 unspecified atom stereocenters. The Labute approximate surface area is 127 Å². The lowest BCUT2D eigenvalue weighted by molar-refractivity contribution is 0.0674. The van der Waals surface area contributed by atoms with Crippen LogP contribution in [-0.4, -0.2) is 57.9 Å². The van der Waals surface area contributed by atoms with Gasteiger partial charge in [0.1, 0.15) is 0 Å². The second kappa shape index (κ2) is 10.2.